The molecular weight excluding hydrogens is 192 g/mol. The highest BCUT2D eigenvalue weighted by Crippen LogP contribution is 2.21. The summed E-state index contributed by atoms with van der Waals surface area (Å²) in [7, 11) is 0. The summed E-state index contributed by atoms with van der Waals surface area (Å²) in [6, 6.07) is 4.15. The lowest BCUT2D eigenvalue weighted by Gasteiger charge is -2.09. The molecule has 0 fully saturated rings. The second kappa shape index (κ2) is 5.41. The molecule has 0 aliphatic rings. The van der Waals surface area contributed by atoms with Crippen LogP contribution in [0.1, 0.15) is 42.9 Å². The molecule has 0 saturated carbocycles. The van der Waals surface area contributed by atoms with E-state index in [9.17, 15) is 0 Å². The summed E-state index contributed by atoms with van der Waals surface area (Å²) >= 11 is 6.03. The maximum absolute atomic E-state index is 6.03. The van der Waals surface area contributed by atoms with Crippen LogP contribution in [0, 0.1) is 13.8 Å². The Hall–Kier alpha value is -0.490. The third kappa shape index (κ3) is 3.02. The quantitative estimate of drug-likeness (QED) is 0.633. The number of hydrogen-bond donors (Lipinski definition) is 0. The number of hydrogen-bond acceptors (Lipinski definition) is 0. The molecule has 0 nitrogen and oxygen atoms in total. The first kappa shape index (κ1) is 11.6. The number of rotatable bonds is 4. The first-order valence-corrected chi connectivity index (χ1v) is 5.78. The summed E-state index contributed by atoms with van der Waals surface area (Å²) in [5, 5.41) is 0.875. The number of aryl methyl sites for hydroxylation is 2. The molecule has 1 rings (SSSR count). The van der Waals surface area contributed by atoms with Gasteiger partial charge in [0.2, 0.25) is 0 Å². The predicted molar refractivity (Wildman–Crippen MR) is 64.2 cm³/mol. The van der Waals surface area contributed by atoms with Gasteiger partial charge in [0.15, 0.2) is 0 Å². The van der Waals surface area contributed by atoms with E-state index in [0.717, 1.165) is 5.02 Å². The zero-order valence-corrected chi connectivity index (χ0v) is 10.1. The molecule has 0 bridgehead atoms. The van der Waals surface area contributed by atoms with Crippen LogP contribution in [-0.2, 0) is 6.42 Å². The molecule has 0 aliphatic carbocycles. The molecular formula is C13H19Cl. The van der Waals surface area contributed by atoms with Gasteiger partial charge >= 0.3 is 0 Å². The van der Waals surface area contributed by atoms with E-state index in [1.54, 1.807) is 0 Å². The van der Waals surface area contributed by atoms with Crippen LogP contribution in [0.4, 0.5) is 0 Å². The van der Waals surface area contributed by atoms with Gasteiger partial charge in [0.1, 0.15) is 0 Å². The van der Waals surface area contributed by atoms with Crippen molar-refractivity contribution in [2.45, 2.75) is 46.5 Å². The second-order valence-corrected chi connectivity index (χ2v) is 4.40. The van der Waals surface area contributed by atoms with Crippen LogP contribution >= 0.6 is 11.6 Å². The molecule has 1 aromatic rings. The van der Waals surface area contributed by atoms with E-state index in [4.69, 9.17) is 11.6 Å². The highest BCUT2D eigenvalue weighted by Gasteiger charge is 2.02. The largest absolute Gasteiger partial charge is 0.0843 e. The van der Waals surface area contributed by atoms with Gasteiger partial charge in [-0.05, 0) is 55.5 Å². The third-order valence-corrected chi connectivity index (χ3v) is 3.01. The van der Waals surface area contributed by atoms with Gasteiger partial charge in [-0.15, -0.1) is 0 Å². The molecule has 0 aliphatic heterocycles. The molecule has 1 heteroatoms. The van der Waals surface area contributed by atoms with Crippen molar-refractivity contribution >= 4 is 11.6 Å². The van der Waals surface area contributed by atoms with Gasteiger partial charge < -0.3 is 0 Å². The van der Waals surface area contributed by atoms with Gasteiger partial charge in [-0.2, -0.15) is 0 Å². The Morgan fingerprint density at radius 2 is 1.86 bits per heavy atom. The van der Waals surface area contributed by atoms with Crippen molar-refractivity contribution in [1.29, 1.82) is 0 Å². The van der Waals surface area contributed by atoms with Gasteiger partial charge in [0.25, 0.3) is 0 Å². The number of unbranched alkanes of at least 4 members (excludes halogenated alkanes) is 2. The van der Waals surface area contributed by atoms with Crippen LogP contribution in [0.5, 0.6) is 0 Å². The van der Waals surface area contributed by atoms with Crippen LogP contribution in [0.25, 0.3) is 0 Å². The van der Waals surface area contributed by atoms with Crippen molar-refractivity contribution in [3.05, 3.63) is 33.8 Å². The molecule has 0 saturated heterocycles. The maximum Gasteiger partial charge on any atom is 0.0411 e. The summed E-state index contributed by atoms with van der Waals surface area (Å²) in [6.45, 7) is 6.55. The SMILES string of the molecule is CCCCCc1cc(Cl)cc(C)c1C. The van der Waals surface area contributed by atoms with E-state index >= 15 is 0 Å². The van der Waals surface area contributed by atoms with Crippen molar-refractivity contribution in [3.63, 3.8) is 0 Å². The smallest absolute Gasteiger partial charge is 0.0411 e. The van der Waals surface area contributed by atoms with Gasteiger partial charge in [-0.1, -0.05) is 31.4 Å². The van der Waals surface area contributed by atoms with Crippen LogP contribution in [0.15, 0.2) is 12.1 Å². The van der Waals surface area contributed by atoms with Gasteiger partial charge in [-0.25, -0.2) is 0 Å². The van der Waals surface area contributed by atoms with E-state index in [-0.39, 0.29) is 0 Å². The lowest BCUT2D eigenvalue weighted by atomic mass is 9.99. The highest BCUT2D eigenvalue weighted by molar-refractivity contribution is 6.30. The first-order chi connectivity index (χ1) is 6.65. The second-order valence-electron chi connectivity index (χ2n) is 3.96. The minimum atomic E-state index is 0.875. The fourth-order valence-corrected chi connectivity index (χ4v) is 2.01. The zero-order chi connectivity index (χ0) is 10.6. The standard InChI is InChI=1S/C13H19Cl/c1-4-5-6-7-12-9-13(14)8-10(2)11(12)3/h8-9H,4-7H2,1-3H3. The van der Waals surface area contributed by atoms with Gasteiger partial charge in [0.05, 0.1) is 0 Å². The van der Waals surface area contributed by atoms with Crippen LogP contribution < -0.4 is 0 Å². The van der Waals surface area contributed by atoms with E-state index in [0.29, 0.717) is 0 Å². The molecule has 0 radical (unpaired) electrons. The minimum Gasteiger partial charge on any atom is -0.0843 e. The summed E-state index contributed by atoms with van der Waals surface area (Å²) < 4.78 is 0. The monoisotopic (exact) mass is 210 g/mol. The van der Waals surface area contributed by atoms with Gasteiger partial charge in [0, 0.05) is 5.02 Å². The van der Waals surface area contributed by atoms with E-state index in [2.05, 4.69) is 26.8 Å². The van der Waals surface area contributed by atoms with Crippen LogP contribution in [-0.4, -0.2) is 0 Å². The Morgan fingerprint density at radius 3 is 2.50 bits per heavy atom. The number of halogens is 1. The van der Waals surface area contributed by atoms with Crippen molar-refractivity contribution in [1.82, 2.24) is 0 Å². The molecule has 0 amide bonds. The zero-order valence-electron chi connectivity index (χ0n) is 9.36. The van der Waals surface area contributed by atoms with Crippen molar-refractivity contribution < 1.29 is 0 Å². The first-order valence-electron chi connectivity index (χ1n) is 5.40. The van der Waals surface area contributed by atoms with E-state index in [1.165, 1.54) is 42.4 Å². The average molecular weight is 211 g/mol. The average Bonchev–Trinajstić information content (AvgIpc) is 2.13. The summed E-state index contributed by atoms with van der Waals surface area (Å²) in [6.07, 6.45) is 5.03. The van der Waals surface area contributed by atoms with Crippen LogP contribution in [0.3, 0.4) is 0 Å². The molecule has 78 valence electrons. The summed E-state index contributed by atoms with van der Waals surface area (Å²) in [5.41, 5.74) is 4.14. The molecule has 14 heavy (non-hydrogen) atoms. The fourth-order valence-electron chi connectivity index (χ4n) is 1.71. The lowest BCUT2D eigenvalue weighted by molar-refractivity contribution is 0.715. The molecule has 0 spiro atoms. The molecule has 0 aromatic heterocycles. The van der Waals surface area contributed by atoms with E-state index in [1.807, 2.05) is 6.07 Å². The predicted octanol–water partition coefficient (Wildman–Crippen LogP) is 4.69. The molecule has 0 N–H and O–H groups in total. The lowest BCUT2D eigenvalue weighted by Crippen LogP contribution is -1.93. The molecule has 0 heterocycles. The van der Waals surface area contributed by atoms with Crippen LogP contribution in [0.2, 0.25) is 5.02 Å². The Morgan fingerprint density at radius 1 is 1.14 bits per heavy atom. The Kier molecular flexibility index (Phi) is 4.47. The fraction of sp³-hybridized carbons (Fsp3) is 0.538. The number of benzene rings is 1. The van der Waals surface area contributed by atoms with Crippen molar-refractivity contribution in [2.24, 2.45) is 0 Å². The summed E-state index contributed by atoms with van der Waals surface area (Å²) in [5.74, 6) is 0. The molecule has 0 atom stereocenters. The minimum absolute atomic E-state index is 0.875. The Bertz CT molecular complexity index is 302. The Balaban J connectivity index is 2.75. The third-order valence-electron chi connectivity index (χ3n) is 2.79. The summed E-state index contributed by atoms with van der Waals surface area (Å²) in [4.78, 5) is 0. The highest BCUT2D eigenvalue weighted by atomic mass is 35.5. The van der Waals surface area contributed by atoms with Crippen molar-refractivity contribution in [3.8, 4) is 0 Å². The molecule has 0 unspecified atom stereocenters. The molecule has 1 aromatic carbocycles. The van der Waals surface area contributed by atoms with E-state index < -0.39 is 0 Å². The normalized spacial score (nSPS) is 10.6. The Labute approximate surface area is 92.3 Å². The maximum atomic E-state index is 6.03. The van der Waals surface area contributed by atoms with Crippen molar-refractivity contribution in [2.75, 3.05) is 0 Å². The topological polar surface area (TPSA) is 0 Å². The van der Waals surface area contributed by atoms with Gasteiger partial charge in [-0.3, -0.25) is 0 Å².